The van der Waals surface area contributed by atoms with Crippen molar-refractivity contribution < 1.29 is 36.6 Å². The average molecular weight is 754 g/mol. The number of hydrogen-bond donors (Lipinski definition) is 1. The summed E-state index contributed by atoms with van der Waals surface area (Å²) in [5.74, 6) is 0.333. The van der Waals surface area contributed by atoms with Crippen LogP contribution in [0.5, 0.6) is 11.5 Å². The van der Waals surface area contributed by atoms with Gasteiger partial charge in [-0.3, -0.25) is 4.31 Å². The van der Waals surface area contributed by atoms with E-state index in [1.807, 2.05) is 56.3 Å². The van der Waals surface area contributed by atoms with E-state index in [1.54, 1.807) is 37.3 Å². The lowest BCUT2D eigenvalue weighted by Gasteiger charge is -2.42. The molecule has 11 heteroatoms. The van der Waals surface area contributed by atoms with Crippen LogP contribution in [0.15, 0.2) is 113 Å². The highest BCUT2D eigenvalue weighted by Gasteiger charge is 2.50. The molecule has 1 aliphatic heterocycles. The van der Waals surface area contributed by atoms with Crippen LogP contribution in [0.25, 0.3) is 0 Å². The minimum Gasteiger partial charge on any atom is -0.493 e. The fourth-order valence-electron chi connectivity index (χ4n) is 7.00. The first kappa shape index (κ1) is 37.9. The molecule has 0 unspecified atom stereocenters. The number of carbonyl (C=O) groups is 1. The van der Waals surface area contributed by atoms with E-state index >= 15 is 0 Å². The number of anilines is 1. The summed E-state index contributed by atoms with van der Waals surface area (Å²) in [6.07, 6.45) is 0.637. The zero-order valence-corrected chi connectivity index (χ0v) is 32.9. The Morgan fingerprint density at radius 3 is 2.15 bits per heavy atom. The molecule has 0 amide bonds. The molecule has 0 saturated carbocycles. The number of aryl methyl sites for hydroxylation is 1. The predicted molar refractivity (Wildman–Crippen MR) is 209 cm³/mol. The lowest BCUT2D eigenvalue weighted by atomic mass is 10.1. The first-order chi connectivity index (χ1) is 25.2. The SMILES string of the molecule is Cc1cc(COc2cc3c(cc2N(CC(C)C)S(=O)(=O)c2ccc(CO[Si](c4ccccc4)(c4ccccc4)C(C)(C)C)o2)CCO3)ccc1C(=O)O. The number of aromatic carboxylic acids is 1. The monoisotopic (exact) mass is 753 g/mol. The Hall–Kier alpha value is -4.84. The maximum Gasteiger partial charge on any atom is 0.335 e. The summed E-state index contributed by atoms with van der Waals surface area (Å²) in [6.45, 7) is 13.0. The van der Waals surface area contributed by atoms with Crippen LogP contribution in [0.1, 0.15) is 67.4 Å². The van der Waals surface area contributed by atoms with Gasteiger partial charge < -0.3 is 23.4 Å². The second-order valence-electron chi connectivity index (χ2n) is 14.9. The first-order valence-electron chi connectivity index (χ1n) is 17.8. The van der Waals surface area contributed by atoms with E-state index in [0.29, 0.717) is 41.5 Å². The standard InChI is InChI=1S/C42H47NO8SSi/c1-29(2)26-43(37-24-32-21-22-48-38(32)25-39(37)49-27-31-17-19-36(41(44)45)30(3)23-31)52(46,47)40-20-18-33(51-40)28-50-53(42(4,5)6,34-13-9-7-10-14-34)35-15-11-8-12-16-35/h7-20,23-25,29H,21-22,26-28H2,1-6H3,(H,44,45). The van der Waals surface area contributed by atoms with Crippen molar-refractivity contribution in [1.29, 1.82) is 0 Å². The zero-order valence-electron chi connectivity index (χ0n) is 31.1. The number of rotatable bonds is 14. The molecule has 1 N–H and O–H groups in total. The molecule has 0 aliphatic carbocycles. The summed E-state index contributed by atoms with van der Waals surface area (Å²) in [6, 6.07) is 32.3. The number of sulfonamides is 1. The molecule has 6 rings (SSSR count). The van der Waals surface area contributed by atoms with Crippen LogP contribution in [-0.2, 0) is 34.1 Å². The predicted octanol–water partition coefficient (Wildman–Crippen LogP) is 7.73. The van der Waals surface area contributed by atoms with E-state index in [0.717, 1.165) is 21.5 Å². The largest absolute Gasteiger partial charge is 0.493 e. The van der Waals surface area contributed by atoms with Gasteiger partial charge >= 0.3 is 5.97 Å². The fourth-order valence-corrected chi connectivity index (χ4v) is 13.1. The van der Waals surface area contributed by atoms with Gasteiger partial charge in [-0.05, 0) is 69.2 Å². The molecule has 278 valence electrons. The third kappa shape index (κ3) is 7.78. The van der Waals surface area contributed by atoms with Crippen LogP contribution in [0.2, 0.25) is 5.04 Å². The minimum absolute atomic E-state index is 0.0405. The van der Waals surface area contributed by atoms with E-state index < -0.39 is 24.3 Å². The normalized spacial score (nSPS) is 13.1. The summed E-state index contributed by atoms with van der Waals surface area (Å²) >= 11 is 0. The smallest absolute Gasteiger partial charge is 0.335 e. The van der Waals surface area contributed by atoms with Gasteiger partial charge in [0, 0.05) is 19.0 Å². The Morgan fingerprint density at radius 1 is 0.906 bits per heavy atom. The van der Waals surface area contributed by atoms with Crippen molar-refractivity contribution in [3.8, 4) is 11.5 Å². The van der Waals surface area contributed by atoms with Crippen molar-refractivity contribution in [2.45, 2.75) is 71.3 Å². The van der Waals surface area contributed by atoms with E-state index in [4.69, 9.17) is 18.3 Å². The van der Waals surface area contributed by atoms with Gasteiger partial charge in [0.2, 0.25) is 5.09 Å². The van der Waals surface area contributed by atoms with Crippen molar-refractivity contribution in [2.24, 2.45) is 5.92 Å². The van der Waals surface area contributed by atoms with Crippen molar-refractivity contribution >= 4 is 40.4 Å². The second-order valence-corrected chi connectivity index (χ2v) is 21.0. The lowest BCUT2D eigenvalue weighted by Crippen LogP contribution is -2.66. The van der Waals surface area contributed by atoms with E-state index in [2.05, 4.69) is 45.0 Å². The second kappa shape index (κ2) is 15.3. The molecule has 0 radical (unpaired) electrons. The molecule has 0 fully saturated rings. The Kier molecular flexibility index (Phi) is 10.9. The highest BCUT2D eigenvalue weighted by molar-refractivity contribution is 7.92. The number of benzene rings is 4. The molecule has 0 saturated heterocycles. The van der Waals surface area contributed by atoms with Crippen LogP contribution in [-0.4, -0.2) is 41.0 Å². The molecular formula is C42H47NO8SSi. The molecule has 0 atom stereocenters. The van der Waals surface area contributed by atoms with Gasteiger partial charge in [0.05, 0.1) is 24.5 Å². The van der Waals surface area contributed by atoms with Crippen molar-refractivity contribution in [3.05, 3.63) is 131 Å². The summed E-state index contributed by atoms with van der Waals surface area (Å²) < 4.78 is 55.9. The van der Waals surface area contributed by atoms with Crippen molar-refractivity contribution in [3.63, 3.8) is 0 Å². The Labute approximate surface area is 313 Å². The molecule has 9 nitrogen and oxygen atoms in total. The van der Waals surface area contributed by atoms with Crippen LogP contribution >= 0.6 is 0 Å². The van der Waals surface area contributed by atoms with Gasteiger partial charge in [-0.25, -0.2) is 4.79 Å². The number of hydrogen-bond acceptors (Lipinski definition) is 7. The highest BCUT2D eigenvalue weighted by Crippen LogP contribution is 2.42. The van der Waals surface area contributed by atoms with Gasteiger partial charge in [0.15, 0.2) is 0 Å². The third-order valence-electron chi connectivity index (χ3n) is 9.52. The number of ether oxygens (including phenoxy) is 2. The number of furan rings is 1. The summed E-state index contributed by atoms with van der Waals surface area (Å²) in [7, 11) is -7.13. The third-order valence-corrected chi connectivity index (χ3v) is 16.2. The van der Waals surface area contributed by atoms with E-state index in [9.17, 15) is 18.3 Å². The molecule has 1 aromatic heterocycles. The first-order valence-corrected chi connectivity index (χ1v) is 21.2. The number of carboxylic acids is 1. The average Bonchev–Trinajstić information content (AvgIpc) is 3.80. The Morgan fingerprint density at radius 2 is 1.57 bits per heavy atom. The summed E-state index contributed by atoms with van der Waals surface area (Å²) in [5.41, 5.74) is 2.83. The van der Waals surface area contributed by atoms with Gasteiger partial charge in [-0.2, -0.15) is 8.42 Å². The molecule has 0 bridgehead atoms. The Bertz CT molecular complexity index is 2140. The summed E-state index contributed by atoms with van der Waals surface area (Å²) in [4.78, 5) is 11.6. The molecule has 4 aromatic carbocycles. The van der Waals surface area contributed by atoms with Gasteiger partial charge in [0.25, 0.3) is 18.3 Å². The number of nitrogens with zero attached hydrogens (tertiary/aromatic N) is 1. The van der Waals surface area contributed by atoms with Crippen LogP contribution in [0.4, 0.5) is 5.69 Å². The quantitative estimate of drug-likeness (QED) is 0.115. The molecule has 5 aromatic rings. The molecule has 53 heavy (non-hydrogen) atoms. The molecule has 0 spiro atoms. The maximum absolute atomic E-state index is 14.6. The number of carboxylic acid groups (broad SMARTS) is 1. The van der Waals surface area contributed by atoms with Crippen molar-refractivity contribution in [1.82, 2.24) is 0 Å². The van der Waals surface area contributed by atoms with E-state index in [-0.39, 0.29) is 41.4 Å². The topological polar surface area (TPSA) is 116 Å². The van der Waals surface area contributed by atoms with Crippen LogP contribution in [0.3, 0.4) is 0 Å². The zero-order chi connectivity index (χ0) is 38.0. The summed E-state index contributed by atoms with van der Waals surface area (Å²) in [5, 5.41) is 11.2. The van der Waals surface area contributed by atoms with Crippen molar-refractivity contribution in [2.75, 3.05) is 17.5 Å². The van der Waals surface area contributed by atoms with Gasteiger partial charge in [-0.1, -0.05) is 107 Å². The number of fused-ring (bicyclic) bond motifs is 1. The van der Waals surface area contributed by atoms with Crippen LogP contribution < -0.4 is 24.2 Å². The minimum atomic E-state index is -4.22. The van der Waals surface area contributed by atoms with Gasteiger partial charge in [0.1, 0.15) is 23.9 Å². The lowest BCUT2D eigenvalue weighted by molar-refractivity contribution is 0.0696. The Balaban J connectivity index is 1.33. The fraction of sp³-hybridized carbons (Fsp3) is 0.310. The highest BCUT2D eigenvalue weighted by atomic mass is 32.2. The molecular weight excluding hydrogens is 707 g/mol. The maximum atomic E-state index is 14.6. The van der Waals surface area contributed by atoms with Gasteiger partial charge in [-0.15, -0.1) is 0 Å². The van der Waals surface area contributed by atoms with E-state index in [1.165, 1.54) is 10.4 Å². The molecule has 1 aliphatic rings. The molecule has 2 heterocycles. The van der Waals surface area contributed by atoms with Crippen LogP contribution in [0, 0.1) is 12.8 Å².